The van der Waals surface area contributed by atoms with E-state index in [0.29, 0.717) is 18.6 Å². The monoisotopic (exact) mass is 319 g/mol. The largest absolute Gasteiger partial charge is 0.483 e. The molecule has 1 aliphatic carbocycles. The third kappa shape index (κ3) is 4.47. The minimum atomic E-state index is -0.810. The molecular formula is C18H25NO4. The van der Waals surface area contributed by atoms with Crippen molar-refractivity contribution in [2.24, 2.45) is 5.41 Å². The van der Waals surface area contributed by atoms with E-state index in [0.717, 1.165) is 31.2 Å². The lowest BCUT2D eigenvalue weighted by atomic mass is 9.74. The summed E-state index contributed by atoms with van der Waals surface area (Å²) in [5.74, 6) is -0.382. The molecule has 1 aromatic rings. The van der Waals surface area contributed by atoms with Crippen LogP contribution in [0.5, 0.6) is 5.75 Å². The Morgan fingerprint density at radius 2 is 1.91 bits per heavy atom. The minimum absolute atomic E-state index is 0.0906. The highest BCUT2D eigenvalue weighted by molar-refractivity contribution is 5.80. The van der Waals surface area contributed by atoms with Gasteiger partial charge in [0.05, 0.1) is 5.41 Å². The molecule has 0 aliphatic heterocycles. The molecule has 1 saturated carbocycles. The molecular weight excluding hydrogens is 294 g/mol. The number of para-hydroxylation sites is 1. The number of hydrogen-bond donors (Lipinski definition) is 2. The van der Waals surface area contributed by atoms with Crippen LogP contribution in [0.1, 0.15) is 44.6 Å². The maximum atomic E-state index is 12.0. The van der Waals surface area contributed by atoms with Crippen molar-refractivity contribution in [3.8, 4) is 5.75 Å². The summed E-state index contributed by atoms with van der Waals surface area (Å²) in [6.45, 7) is 2.12. The van der Waals surface area contributed by atoms with Crippen molar-refractivity contribution in [3.05, 3.63) is 29.8 Å². The Kier molecular flexibility index (Phi) is 6.02. The normalized spacial score (nSPS) is 16.6. The van der Waals surface area contributed by atoms with Crippen LogP contribution in [0.25, 0.3) is 0 Å². The van der Waals surface area contributed by atoms with Crippen molar-refractivity contribution in [2.75, 3.05) is 13.2 Å². The summed E-state index contributed by atoms with van der Waals surface area (Å²) >= 11 is 0. The molecule has 2 N–H and O–H groups in total. The Morgan fingerprint density at radius 1 is 1.22 bits per heavy atom. The van der Waals surface area contributed by atoms with Gasteiger partial charge in [-0.2, -0.15) is 0 Å². The SMILES string of the molecule is CCc1ccccc1OCC(=O)NCC1(C(=O)O)CCCCC1. The predicted octanol–water partition coefficient (Wildman–Crippen LogP) is 2.78. The summed E-state index contributed by atoms with van der Waals surface area (Å²) in [7, 11) is 0. The Morgan fingerprint density at radius 3 is 2.57 bits per heavy atom. The topological polar surface area (TPSA) is 75.6 Å². The molecule has 1 amide bonds. The molecule has 5 heteroatoms. The Hall–Kier alpha value is -2.04. The summed E-state index contributed by atoms with van der Waals surface area (Å²) in [6.07, 6.45) is 4.97. The zero-order valence-electron chi connectivity index (χ0n) is 13.6. The van der Waals surface area contributed by atoms with Gasteiger partial charge in [-0.1, -0.05) is 44.4 Å². The van der Waals surface area contributed by atoms with Crippen LogP contribution in [-0.2, 0) is 16.0 Å². The van der Waals surface area contributed by atoms with E-state index in [4.69, 9.17) is 4.74 Å². The van der Waals surface area contributed by atoms with E-state index in [1.807, 2.05) is 31.2 Å². The fraction of sp³-hybridized carbons (Fsp3) is 0.556. The van der Waals surface area contributed by atoms with Gasteiger partial charge in [-0.05, 0) is 30.9 Å². The van der Waals surface area contributed by atoms with Crippen molar-refractivity contribution < 1.29 is 19.4 Å². The first kappa shape index (κ1) is 17.3. The van der Waals surface area contributed by atoms with Crippen LogP contribution in [0.3, 0.4) is 0 Å². The van der Waals surface area contributed by atoms with Gasteiger partial charge in [-0.3, -0.25) is 9.59 Å². The number of amides is 1. The lowest BCUT2D eigenvalue weighted by Gasteiger charge is -2.33. The van der Waals surface area contributed by atoms with E-state index in [1.54, 1.807) is 0 Å². The van der Waals surface area contributed by atoms with Crippen LogP contribution in [0, 0.1) is 5.41 Å². The highest BCUT2D eigenvalue weighted by Gasteiger charge is 2.39. The molecule has 23 heavy (non-hydrogen) atoms. The summed E-state index contributed by atoms with van der Waals surface area (Å²) in [6, 6.07) is 7.61. The quantitative estimate of drug-likeness (QED) is 0.810. The van der Waals surface area contributed by atoms with Crippen molar-refractivity contribution in [1.82, 2.24) is 5.32 Å². The van der Waals surface area contributed by atoms with Crippen LogP contribution in [0.2, 0.25) is 0 Å². The predicted molar refractivity (Wildman–Crippen MR) is 87.5 cm³/mol. The standard InChI is InChI=1S/C18H25NO4/c1-2-14-8-4-5-9-15(14)23-12-16(20)19-13-18(17(21)22)10-6-3-7-11-18/h4-5,8-9H,2-3,6-7,10-13H2,1H3,(H,19,20)(H,21,22). The van der Waals surface area contributed by atoms with E-state index in [9.17, 15) is 14.7 Å². The highest BCUT2D eigenvalue weighted by atomic mass is 16.5. The van der Waals surface area contributed by atoms with Crippen LogP contribution in [-0.4, -0.2) is 30.1 Å². The van der Waals surface area contributed by atoms with E-state index >= 15 is 0 Å². The van der Waals surface area contributed by atoms with Gasteiger partial charge in [-0.15, -0.1) is 0 Å². The molecule has 0 saturated heterocycles. The number of benzene rings is 1. The Balaban J connectivity index is 1.86. The van der Waals surface area contributed by atoms with E-state index in [-0.39, 0.29) is 19.1 Å². The third-order valence-corrected chi connectivity index (χ3v) is 4.60. The molecule has 1 aliphatic rings. The van der Waals surface area contributed by atoms with E-state index in [1.165, 1.54) is 0 Å². The average molecular weight is 319 g/mol. The molecule has 1 aromatic carbocycles. The van der Waals surface area contributed by atoms with Crippen molar-refractivity contribution in [2.45, 2.75) is 45.4 Å². The molecule has 0 unspecified atom stereocenters. The number of aliphatic carboxylic acids is 1. The average Bonchev–Trinajstić information content (AvgIpc) is 2.59. The van der Waals surface area contributed by atoms with Gasteiger partial charge in [0, 0.05) is 6.54 Å². The number of carbonyl (C=O) groups is 2. The maximum absolute atomic E-state index is 12.0. The van der Waals surface area contributed by atoms with Gasteiger partial charge in [0.25, 0.3) is 5.91 Å². The number of hydrogen-bond acceptors (Lipinski definition) is 3. The molecule has 1 fully saturated rings. The highest BCUT2D eigenvalue weighted by Crippen LogP contribution is 2.36. The number of carboxylic acids is 1. The Bertz CT molecular complexity index is 550. The van der Waals surface area contributed by atoms with Crippen molar-refractivity contribution >= 4 is 11.9 Å². The molecule has 0 bridgehead atoms. The second kappa shape index (κ2) is 7.99. The molecule has 0 radical (unpaired) electrons. The second-order valence-corrected chi connectivity index (χ2v) is 6.17. The number of aryl methyl sites for hydroxylation is 1. The van der Waals surface area contributed by atoms with Gasteiger partial charge in [0.2, 0.25) is 0 Å². The molecule has 0 spiro atoms. The lowest BCUT2D eigenvalue weighted by molar-refractivity contribution is -0.151. The second-order valence-electron chi connectivity index (χ2n) is 6.17. The van der Waals surface area contributed by atoms with Gasteiger partial charge in [0.1, 0.15) is 5.75 Å². The summed E-state index contributed by atoms with van der Waals surface area (Å²) < 4.78 is 5.56. The lowest BCUT2D eigenvalue weighted by Crippen LogP contribution is -2.45. The van der Waals surface area contributed by atoms with E-state index < -0.39 is 11.4 Å². The zero-order chi connectivity index (χ0) is 16.7. The molecule has 0 atom stereocenters. The van der Waals surface area contributed by atoms with E-state index in [2.05, 4.69) is 5.32 Å². The smallest absolute Gasteiger partial charge is 0.311 e. The zero-order valence-corrected chi connectivity index (χ0v) is 13.6. The number of ether oxygens (including phenoxy) is 1. The molecule has 0 aromatic heterocycles. The van der Waals surface area contributed by atoms with Crippen molar-refractivity contribution in [1.29, 1.82) is 0 Å². The number of carboxylic acid groups (broad SMARTS) is 1. The van der Waals surface area contributed by atoms with Crippen molar-refractivity contribution in [3.63, 3.8) is 0 Å². The molecule has 2 rings (SSSR count). The molecule has 126 valence electrons. The minimum Gasteiger partial charge on any atom is -0.483 e. The summed E-state index contributed by atoms with van der Waals surface area (Å²) in [4.78, 5) is 23.6. The van der Waals surface area contributed by atoms with Gasteiger partial charge >= 0.3 is 5.97 Å². The number of nitrogens with one attached hydrogen (secondary N) is 1. The maximum Gasteiger partial charge on any atom is 0.311 e. The molecule has 5 nitrogen and oxygen atoms in total. The number of rotatable bonds is 7. The summed E-state index contributed by atoms with van der Waals surface area (Å²) in [5.41, 5.74) is 0.240. The van der Waals surface area contributed by atoms with Crippen LogP contribution in [0.15, 0.2) is 24.3 Å². The molecule has 0 heterocycles. The first-order valence-corrected chi connectivity index (χ1v) is 8.28. The fourth-order valence-electron chi connectivity index (χ4n) is 3.09. The first-order valence-electron chi connectivity index (χ1n) is 8.28. The first-order chi connectivity index (χ1) is 11.1. The van der Waals surface area contributed by atoms with Crippen LogP contribution < -0.4 is 10.1 Å². The fourth-order valence-corrected chi connectivity index (χ4v) is 3.09. The van der Waals surface area contributed by atoms with Crippen LogP contribution in [0.4, 0.5) is 0 Å². The van der Waals surface area contributed by atoms with Gasteiger partial charge in [-0.25, -0.2) is 0 Å². The number of carbonyl (C=O) groups excluding carboxylic acids is 1. The van der Waals surface area contributed by atoms with Gasteiger partial charge < -0.3 is 15.2 Å². The summed E-state index contributed by atoms with van der Waals surface area (Å²) in [5, 5.41) is 12.2. The van der Waals surface area contributed by atoms with Gasteiger partial charge in [0.15, 0.2) is 6.61 Å². The Labute approximate surface area is 137 Å². The third-order valence-electron chi connectivity index (χ3n) is 4.60. The van der Waals surface area contributed by atoms with Crippen LogP contribution >= 0.6 is 0 Å².